The maximum Gasteiger partial charge on any atom is 0.200 e. The SMILES string of the molecule is CCCC1CCC2C(CCc3ccc(OCC)c(F)c3F)CCC12. The van der Waals surface area contributed by atoms with Gasteiger partial charge in [0.1, 0.15) is 0 Å². The zero-order chi connectivity index (χ0) is 17.1. The van der Waals surface area contributed by atoms with Crippen LogP contribution in [0.1, 0.15) is 64.4 Å². The minimum atomic E-state index is -0.831. The Kier molecular flexibility index (Phi) is 5.78. The van der Waals surface area contributed by atoms with E-state index in [1.807, 2.05) is 0 Å². The zero-order valence-corrected chi connectivity index (χ0v) is 15.0. The van der Waals surface area contributed by atoms with Crippen molar-refractivity contribution in [1.82, 2.24) is 0 Å². The largest absolute Gasteiger partial charge is 0.491 e. The summed E-state index contributed by atoms with van der Waals surface area (Å²) in [6.45, 7) is 4.40. The Morgan fingerprint density at radius 2 is 1.58 bits per heavy atom. The number of hydrogen-bond donors (Lipinski definition) is 0. The first-order valence-corrected chi connectivity index (χ1v) is 9.75. The highest BCUT2D eigenvalue weighted by Gasteiger charge is 2.43. The van der Waals surface area contributed by atoms with Crippen molar-refractivity contribution in [3.8, 4) is 5.75 Å². The molecule has 2 aliphatic rings. The van der Waals surface area contributed by atoms with Crippen LogP contribution in [0.15, 0.2) is 12.1 Å². The molecule has 0 saturated heterocycles. The second kappa shape index (κ2) is 7.84. The highest BCUT2D eigenvalue weighted by Crippen LogP contribution is 2.53. The van der Waals surface area contributed by atoms with E-state index in [2.05, 4.69) is 6.92 Å². The Morgan fingerprint density at radius 1 is 0.917 bits per heavy atom. The van der Waals surface area contributed by atoms with Crippen molar-refractivity contribution >= 4 is 0 Å². The van der Waals surface area contributed by atoms with Gasteiger partial charge in [0, 0.05) is 0 Å². The predicted molar refractivity (Wildman–Crippen MR) is 93.2 cm³/mol. The third kappa shape index (κ3) is 3.45. The summed E-state index contributed by atoms with van der Waals surface area (Å²) in [6, 6.07) is 3.27. The van der Waals surface area contributed by atoms with Crippen LogP contribution >= 0.6 is 0 Å². The molecule has 3 rings (SSSR count). The van der Waals surface area contributed by atoms with Crippen LogP contribution in [0.2, 0.25) is 0 Å². The van der Waals surface area contributed by atoms with Crippen LogP contribution in [0.4, 0.5) is 8.78 Å². The third-order valence-electron chi connectivity index (χ3n) is 6.37. The smallest absolute Gasteiger partial charge is 0.200 e. The fourth-order valence-electron chi connectivity index (χ4n) is 5.30. The van der Waals surface area contributed by atoms with Gasteiger partial charge in [-0.05, 0) is 80.8 Å². The van der Waals surface area contributed by atoms with Crippen LogP contribution in [-0.4, -0.2) is 6.61 Å². The number of rotatable bonds is 7. The maximum absolute atomic E-state index is 14.2. The monoisotopic (exact) mass is 336 g/mol. The summed E-state index contributed by atoms with van der Waals surface area (Å²) in [6.07, 6.45) is 9.64. The number of halogens is 2. The van der Waals surface area contributed by atoms with Crippen molar-refractivity contribution in [3.05, 3.63) is 29.3 Å². The van der Waals surface area contributed by atoms with Crippen LogP contribution in [0.5, 0.6) is 5.75 Å². The van der Waals surface area contributed by atoms with Gasteiger partial charge in [-0.2, -0.15) is 4.39 Å². The summed E-state index contributed by atoms with van der Waals surface area (Å²) >= 11 is 0. The molecule has 1 aromatic rings. The summed E-state index contributed by atoms with van der Waals surface area (Å²) < 4.78 is 33.4. The van der Waals surface area contributed by atoms with Gasteiger partial charge in [-0.1, -0.05) is 25.8 Å². The van der Waals surface area contributed by atoms with Gasteiger partial charge >= 0.3 is 0 Å². The van der Waals surface area contributed by atoms with E-state index in [1.54, 1.807) is 19.1 Å². The second-order valence-corrected chi connectivity index (χ2v) is 7.61. The molecular formula is C21H30F2O. The lowest BCUT2D eigenvalue weighted by molar-refractivity contribution is 0.293. The molecule has 134 valence electrons. The molecular weight excluding hydrogens is 306 g/mol. The number of hydrogen-bond acceptors (Lipinski definition) is 1. The maximum atomic E-state index is 14.2. The molecule has 0 bridgehead atoms. The molecule has 0 spiro atoms. The second-order valence-electron chi connectivity index (χ2n) is 7.61. The van der Waals surface area contributed by atoms with E-state index < -0.39 is 11.6 Å². The van der Waals surface area contributed by atoms with E-state index in [0.717, 1.165) is 24.2 Å². The highest BCUT2D eigenvalue weighted by atomic mass is 19.2. The molecule has 0 aromatic heterocycles. The highest BCUT2D eigenvalue weighted by molar-refractivity contribution is 5.31. The first-order valence-electron chi connectivity index (χ1n) is 9.75. The van der Waals surface area contributed by atoms with Gasteiger partial charge in [0.2, 0.25) is 5.82 Å². The molecule has 2 fully saturated rings. The fourth-order valence-corrected chi connectivity index (χ4v) is 5.30. The lowest BCUT2D eigenvalue weighted by Gasteiger charge is -2.21. The Bertz CT molecular complexity index is 557. The molecule has 0 radical (unpaired) electrons. The van der Waals surface area contributed by atoms with Crippen LogP contribution in [-0.2, 0) is 6.42 Å². The van der Waals surface area contributed by atoms with E-state index in [1.165, 1.54) is 38.5 Å². The van der Waals surface area contributed by atoms with Crippen LogP contribution in [0.25, 0.3) is 0 Å². The van der Waals surface area contributed by atoms with E-state index in [9.17, 15) is 8.78 Å². The molecule has 0 heterocycles. The Balaban J connectivity index is 1.60. The molecule has 4 unspecified atom stereocenters. The average molecular weight is 336 g/mol. The van der Waals surface area contributed by atoms with Crippen molar-refractivity contribution in [3.63, 3.8) is 0 Å². The molecule has 0 amide bonds. The minimum Gasteiger partial charge on any atom is -0.491 e. The molecule has 4 atom stereocenters. The Labute approximate surface area is 144 Å². The van der Waals surface area contributed by atoms with Crippen LogP contribution in [0.3, 0.4) is 0 Å². The van der Waals surface area contributed by atoms with Gasteiger partial charge in [-0.25, -0.2) is 4.39 Å². The quantitative estimate of drug-likeness (QED) is 0.580. The fraction of sp³-hybridized carbons (Fsp3) is 0.714. The summed E-state index contributed by atoms with van der Waals surface area (Å²) in [5.41, 5.74) is 0.502. The summed E-state index contributed by atoms with van der Waals surface area (Å²) in [5, 5.41) is 0. The van der Waals surface area contributed by atoms with Gasteiger partial charge in [0.05, 0.1) is 6.61 Å². The Morgan fingerprint density at radius 3 is 2.21 bits per heavy atom. The number of benzene rings is 1. The van der Waals surface area contributed by atoms with Gasteiger partial charge in [-0.3, -0.25) is 0 Å². The summed E-state index contributed by atoms with van der Waals surface area (Å²) in [4.78, 5) is 0. The molecule has 0 aliphatic heterocycles. The van der Waals surface area contributed by atoms with Crippen molar-refractivity contribution in [2.75, 3.05) is 6.61 Å². The lowest BCUT2D eigenvalue weighted by Crippen LogP contribution is -2.14. The molecule has 1 aromatic carbocycles. The number of aryl methyl sites for hydroxylation is 1. The van der Waals surface area contributed by atoms with Crippen LogP contribution in [0, 0.1) is 35.3 Å². The minimum absolute atomic E-state index is 0.0258. The summed E-state index contributed by atoms with van der Waals surface area (Å²) in [5.74, 6) is 1.83. The molecule has 1 nitrogen and oxygen atoms in total. The topological polar surface area (TPSA) is 9.23 Å². The van der Waals surface area contributed by atoms with Crippen molar-refractivity contribution < 1.29 is 13.5 Å². The normalized spacial score (nSPS) is 29.0. The van der Waals surface area contributed by atoms with Crippen molar-refractivity contribution in [2.45, 2.75) is 65.2 Å². The molecule has 3 heteroatoms. The van der Waals surface area contributed by atoms with E-state index in [-0.39, 0.29) is 5.75 Å². The molecule has 24 heavy (non-hydrogen) atoms. The first-order chi connectivity index (χ1) is 11.7. The van der Waals surface area contributed by atoms with Crippen LogP contribution < -0.4 is 4.74 Å². The summed E-state index contributed by atoms with van der Waals surface area (Å²) in [7, 11) is 0. The molecule has 2 saturated carbocycles. The van der Waals surface area contributed by atoms with Crippen molar-refractivity contribution in [2.24, 2.45) is 23.7 Å². The predicted octanol–water partition coefficient (Wildman–Crippen LogP) is 6.15. The standard InChI is InChI=1S/C21H30F2O/c1-3-5-14-8-11-18-15(9-12-17(14)18)6-7-16-10-13-19(24-4-2)21(23)20(16)22/h10,13-15,17-18H,3-9,11-12H2,1-2H3. The number of ether oxygens (including phenoxy) is 1. The van der Waals surface area contributed by atoms with Gasteiger partial charge in [0.15, 0.2) is 11.6 Å². The average Bonchev–Trinajstić information content (AvgIpc) is 3.15. The first kappa shape index (κ1) is 17.7. The van der Waals surface area contributed by atoms with Gasteiger partial charge in [0.25, 0.3) is 0 Å². The molecule has 2 aliphatic carbocycles. The number of fused-ring (bicyclic) bond motifs is 1. The zero-order valence-electron chi connectivity index (χ0n) is 15.0. The third-order valence-corrected chi connectivity index (χ3v) is 6.37. The van der Waals surface area contributed by atoms with E-state index in [0.29, 0.717) is 24.5 Å². The Hall–Kier alpha value is -1.12. The van der Waals surface area contributed by atoms with Gasteiger partial charge in [-0.15, -0.1) is 0 Å². The van der Waals surface area contributed by atoms with E-state index >= 15 is 0 Å². The van der Waals surface area contributed by atoms with Gasteiger partial charge < -0.3 is 4.74 Å². The molecule has 0 N–H and O–H groups in total. The van der Waals surface area contributed by atoms with Crippen molar-refractivity contribution in [1.29, 1.82) is 0 Å². The van der Waals surface area contributed by atoms with E-state index in [4.69, 9.17) is 4.74 Å². The lowest BCUT2D eigenvalue weighted by atomic mass is 9.85.